The molecule has 0 bridgehead atoms. The van der Waals surface area contributed by atoms with Crippen molar-refractivity contribution in [2.75, 3.05) is 58.4 Å². The number of likely N-dealkylation sites (N-methyl/N-ethyl adjacent to an activating group) is 2. The Morgan fingerprint density at radius 1 is 0.732 bits per heavy atom. The van der Waals surface area contributed by atoms with E-state index in [9.17, 15) is 57.6 Å². The summed E-state index contributed by atoms with van der Waals surface area (Å²) >= 11 is 0. The molecule has 3 aromatic rings. The van der Waals surface area contributed by atoms with Crippen LogP contribution in [0, 0.1) is 41.7 Å². The molecule has 10 N–H and O–H groups in total. The topological polar surface area (TPSA) is 365 Å². The molecule has 1 aliphatic rings. The number of amides is 10. The third-order valence-corrected chi connectivity index (χ3v) is 18.8. The van der Waals surface area contributed by atoms with Crippen LogP contribution in [-0.2, 0) is 69.9 Å². The third kappa shape index (κ3) is 23.9. The smallest absolute Gasteiger partial charge is 0.410 e. The maximum Gasteiger partial charge on any atom is 0.410 e. The second-order valence-electron chi connectivity index (χ2n) is 25.4. The lowest BCUT2D eigenvalue weighted by Crippen LogP contribution is -2.60. The van der Waals surface area contributed by atoms with Gasteiger partial charge in [-0.1, -0.05) is 111 Å². The molecule has 10 amide bonds. The average molecular weight is 1370 g/mol. The number of nitrogens with zero attached hydrogens (tertiary/aromatic N) is 3. The molecule has 12 atom stereocenters. The molecule has 1 heterocycles. The summed E-state index contributed by atoms with van der Waals surface area (Å²) in [5.74, 6) is -7.37. The van der Waals surface area contributed by atoms with Gasteiger partial charge in [-0.2, -0.15) is 0 Å². The number of anilines is 2. The molecule has 0 aliphatic carbocycles. The Morgan fingerprint density at radius 2 is 1.35 bits per heavy atom. The van der Waals surface area contributed by atoms with E-state index in [1.807, 2.05) is 19.9 Å². The lowest BCUT2D eigenvalue weighted by Gasteiger charge is -2.41. The second kappa shape index (κ2) is 39.0. The number of aliphatic carboxylic acids is 1. The van der Waals surface area contributed by atoms with Gasteiger partial charge in [0.2, 0.25) is 35.4 Å². The van der Waals surface area contributed by atoms with Crippen molar-refractivity contribution in [1.82, 2.24) is 41.3 Å². The summed E-state index contributed by atoms with van der Waals surface area (Å²) in [6.07, 6.45) is 4.91. The molecular formula is C69H102N11O16P. The highest BCUT2D eigenvalue weighted by Crippen LogP contribution is 2.45. The molecule has 3 aromatic carbocycles. The highest BCUT2D eigenvalue weighted by molar-refractivity contribution is 7.65. The SMILES string of the molecule is C#CP(=O)(Nc1ccc(C(=O)N[C@H](C(=O)N[C@@H](CCCNC(N)=O)C(=O)Nc2ccc(COC(=O)N(C)[C@H](C(=O)N[C@H](C(=O)N(C)[C@@H]([C@@H](C)CC)[C@@H](CC(=O)N3CCC[C@H]3[C@H](OC)[C@@H](C)C(=O)N[C@@H](Cc3ccccc3)C(=O)O)OC)C(C)C)C(C)C)cc2)C(C)C)cc1)OCC. The van der Waals surface area contributed by atoms with Gasteiger partial charge in [0, 0.05) is 70.4 Å². The normalized spacial score (nSPS) is 16.6. The lowest BCUT2D eigenvalue weighted by molar-refractivity contribution is -0.148. The molecule has 28 heteroatoms. The van der Waals surface area contributed by atoms with Crippen molar-refractivity contribution >= 4 is 78.3 Å². The number of likely N-dealkylation sites (tertiary alicyclic amines) is 1. The van der Waals surface area contributed by atoms with Gasteiger partial charge < -0.3 is 76.4 Å². The number of rotatable bonds is 38. The Morgan fingerprint density at radius 3 is 1.90 bits per heavy atom. The first-order chi connectivity index (χ1) is 45.8. The fourth-order valence-electron chi connectivity index (χ4n) is 11.8. The number of ether oxygens (including phenoxy) is 3. The van der Waals surface area contributed by atoms with Gasteiger partial charge in [-0.3, -0.25) is 43.0 Å². The molecule has 4 rings (SSSR count). The maximum atomic E-state index is 14.8. The monoisotopic (exact) mass is 1370 g/mol. The van der Waals surface area contributed by atoms with Gasteiger partial charge in [0.05, 0.1) is 43.2 Å². The van der Waals surface area contributed by atoms with Crippen LogP contribution < -0.4 is 42.7 Å². The number of nitrogens with one attached hydrogen (secondary N) is 7. The van der Waals surface area contributed by atoms with E-state index < -0.39 is 139 Å². The van der Waals surface area contributed by atoms with Crippen LogP contribution in [-0.4, -0.2) is 182 Å². The number of carbonyl (C=O) groups excluding carboxylic acids is 9. The van der Waals surface area contributed by atoms with E-state index in [1.165, 1.54) is 50.4 Å². The van der Waals surface area contributed by atoms with Crippen LogP contribution in [0.25, 0.3) is 0 Å². The first-order valence-corrected chi connectivity index (χ1v) is 34.5. The van der Waals surface area contributed by atoms with E-state index in [1.54, 1.807) is 116 Å². The zero-order valence-corrected chi connectivity index (χ0v) is 59.3. The fourth-order valence-corrected chi connectivity index (χ4v) is 12.8. The molecule has 0 radical (unpaired) electrons. The molecule has 0 saturated carbocycles. The number of carboxylic acids is 1. The van der Waals surface area contributed by atoms with Crippen molar-refractivity contribution in [3.05, 3.63) is 95.6 Å². The number of primary amides is 1. The predicted octanol–water partition coefficient (Wildman–Crippen LogP) is 6.71. The van der Waals surface area contributed by atoms with Crippen molar-refractivity contribution < 1.29 is 76.4 Å². The Balaban J connectivity index is 1.41. The first-order valence-electron chi connectivity index (χ1n) is 32.9. The standard InChI is InChI=1S/C69H102N11O16P/c1-16-44(10)59(54(93-14)39-55(81)80-37-23-27-53(80)60(94-15)45(11)61(82)74-52(67(88)89)38-46-24-20-19-21-25-46)78(12)66(87)57(42(6)7)76-65(86)58(43(8)9)79(13)69(91)95-40-47-28-32-49(33-29-47)72-63(84)51(26-22-36-71-68(70)90)73-64(85)56(41(4)5)75-62(83)48-30-34-50(35-31-48)77-97(92,18-3)96-17-2/h3,19-21,24-25,28-35,41-45,51-54,56-60H,16-17,22-23,26-27,36-40H2,1-2,4-15H3,(H,72,84)(H,73,85)(H,74,82)(H,75,83)(H,76,86)(H,77,92)(H,88,89)(H3,70,71,90)/t44-,45+,51-,52-,53-,54+,56-,57-,58-,59-,60+,97?/m0/s1. The molecule has 1 saturated heterocycles. The van der Waals surface area contributed by atoms with Crippen LogP contribution in [0.1, 0.15) is 129 Å². The van der Waals surface area contributed by atoms with Crippen molar-refractivity contribution in [3.8, 4) is 12.1 Å². The van der Waals surface area contributed by atoms with E-state index in [0.717, 1.165) is 10.5 Å². The van der Waals surface area contributed by atoms with Crippen molar-refractivity contribution in [2.45, 2.75) is 175 Å². The van der Waals surface area contributed by atoms with E-state index in [0.29, 0.717) is 42.7 Å². The average Bonchev–Trinajstić information content (AvgIpc) is 1.80. The van der Waals surface area contributed by atoms with Gasteiger partial charge >= 0.3 is 25.6 Å². The number of carbonyl (C=O) groups is 10. The Kier molecular flexibility index (Phi) is 32.5. The number of urea groups is 1. The van der Waals surface area contributed by atoms with Crippen LogP contribution in [0.4, 0.5) is 21.0 Å². The summed E-state index contributed by atoms with van der Waals surface area (Å²) < 4.78 is 35.6. The number of hydrogen-bond donors (Lipinski definition) is 9. The molecule has 0 spiro atoms. The molecule has 97 heavy (non-hydrogen) atoms. The number of nitrogens with two attached hydrogens (primary N) is 1. The van der Waals surface area contributed by atoms with E-state index in [2.05, 4.69) is 42.6 Å². The highest BCUT2D eigenvalue weighted by Gasteiger charge is 2.44. The molecule has 1 aliphatic heterocycles. The summed E-state index contributed by atoms with van der Waals surface area (Å²) in [6.45, 7) is 18.0. The van der Waals surface area contributed by atoms with Crippen LogP contribution in [0.5, 0.6) is 0 Å². The predicted molar refractivity (Wildman–Crippen MR) is 367 cm³/mol. The zero-order chi connectivity index (χ0) is 72.4. The number of hydrogen-bond acceptors (Lipinski definition) is 15. The van der Waals surface area contributed by atoms with Crippen molar-refractivity contribution in [2.24, 2.45) is 35.3 Å². The molecule has 27 nitrogen and oxygen atoms in total. The molecular weight excluding hydrogens is 1270 g/mol. The minimum Gasteiger partial charge on any atom is -0.480 e. The summed E-state index contributed by atoms with van der Waals surface area (Å²) in [7, 11) is 2.34. The van der Waals surface area contributed by atoms with Gasteiger partial charge in [-0.25, -0.2) is 14.4 Å². The van der Waals surface area contributed by atoms with Crippen LogP contribution >= 0.6 is 7.52 Å². The van der Waals surface area contributed by atoms with Gasteiger partial charge in [0.15, 0.2) is 0 Å². The Labute approximate surface area is 570 Å². The number of benzene rings is 3. The van der Waals surface area contributed by atoms with E-state index >= 15 is 0 Å². The zero-order valence-electron chi connectivity index (χ0n) is 58.4. The fraction of sp³-hybridized carbons (Fsp3) is 0.565. The van der Waals surface area contributed by atoms with Gasteiger partial charge in [0.25, 0.3) is 5.91 Å². The quantitative estimate of drug-likeness (QED) is 0.0163. The maximum absolute atomic E-state index is 14.8. The van der Waals surface area contributed by atoms with Crippen molar-refractivity contribution in [3.63, 3.8) is 0 Å². The number of terminal acetylenes is 1. The van der Waals surface area contributed by atoms with Crippen LogP contribution in [0.3, 0.4) is 0 Å². The number of carboxylic acid groups (broad SMARTS) is 1. The lowest BCUT2D eigenvalue weighted by atomic mass is 9.89. The van der Waals surface area contributed by atoms with Gasteiger partial charge in [-0.15, -0.1) is 6.42 Å². The van der Waals surface area contributed by atoms with Gasteiger partial charge in [0.1, 0.15) is 36.8 Å². The molecule has 0 aromatic heterocycles. The van der Waals surface area contributed by atoms with E-state index in [4.69, 9.17) is 30.9 Å². The summed E-state index contributed by atoms with van der Waals surface area (Å²) in [5, 5.41) is 29.0. The molecule has 1 unspecified atom stereocenters. The minimum atomic E-state index is -3.61. The second-order valence-corrected chi connectivity index (χ2v) is 27.3. The third-order valence-electron chi connectivity index (χ3n) is 17.3. The Bertz CT molecular complexity index is 3220. The Hall–Kier alpha value is -8.57. The van der Waals surface area contributed by atoms with Crippen LogP contribution in [0.15, 0.2) is 78.9 Å². The summed E-state index contributed by atoms with van der Waals surface area (Å²) in [6, 6.07) is 13.5. The molecule has 534 valence electrons. The highest BCUT2D eigenvalue weighted by atomic mass is 31.2. The summed E-state index contributed by atoms with van der Waals surface area (Å²) in [5.41, 5.74) is 9.44. The van der Waals surface area contributed by atoms with E-state index in [-0.39, 0.29) is 62.8 Å². The summed E-state index contributed by atoms with van der Waals surface area (Å²) in [4.78, 5) is 141. The van der Waals surface area contributed by atoms with Crippen LogP contribution in [0.2, 0.25) is 0 Å². The van der Waals surface area contributed by atoms with Gasteiger partial charge in [-0.05, 0) is 104 Å². The number of methoxy groups -OCH3 is 2. The molecule has 1 fully saturated rings. The van der Waals surface area contributed by atoms with Crippen molar-refractivity contribution in [1.29, 1.82) is 0 Å². The first kappa shape index (κ1) is 80.9. The largest absolute Gasteiger partial charge is 0.480 e. The minimum absolute atomic E-state index is 0.0509.